The molecule has 192 valence electrons. The highest BCUT2D eigenvalue weighted by molar-refractivity contribution is 8.15. The minimum absolute atomic E-state index is 0.132. The maximum atomic E-state index is 13.9. The molecule has 0 saturated carbocycles. The van der Waals surface area contributed by atoms with E-state index in [0.29, 0.717) is 28.5 Å². The van der Waals surface area contributed by atoms with Crippen LogP contribution in [0.1, 0.15) is 29.8 Å². The van der Waals surface area contributed by atoms with Crippen molar-refractivity contribution >= 4 is 50.7 Å². The fourth-order valence-electron chi connectivity index (χ4n) is 4.48. The summed E-state index contributed by atoms with van der Waals surface area (Å²) in [6.07, 6.45) is 1.94. The zero-order valence-corrected chi connectivity index (χ0v) is 22.5. The predicted octanol–water partition coefficient (Wildman–Crippen LogP) is 6.11. The number of esters is 1. The van der Waals surface area contributed by atoms with Crippen molar-refractivity contribution < 1.29 is 18.5 Å². The van der Waals surface area contributed by atoms with Gasteiger partial charge in [0, 0.05) is 16.5 Å². The highest BCUT2D eigenvalue weighted by Gasteiger charge is 2.51. The summed E-state index contributed by atoms with van der Waals surface area (Å²) in [4.78, 5) is 29.3. The molecule has 5 rings (SSSR count). The van der Waals surface area contributed by atoms with Crippen molar-refractivity contribution in [2.45, 2.75) is 19.4 Å². The number of methoxy groups -OCH3 is 1. The maximum absolute atomic E-state index is 13.9. The van der Waals surface area contributed by atoms with Crippen LogP contribution in [0.2, 0.25) is 5.02 Å². The number of amides is 1. The average Bonchev–Trinajstić information content (AvgIpc) is 3.53. The van der Waals surface area contributed by atoms with Crippen LogP contribution >= 0.6 is 22.4 Å². The van der Waals surface area contributed by atoms with Gasteiger partial charge >= 0.3 is 5.97 Å². The van der Waals surface area contributed by atoms with Gasteiger partial charge in [-0.3, -0.25) is 9.69 Å². The predicted molar refractivity (Wildman–Crippen MR) is 151 cm³/mol. The second kappa shape index (κ2) is 10.1. The maximum Gasteiger partial charge on any atom is 0.337 e. The van der Waals surface area contributed by atoms with E-state index in [2.05, 4.69) is 6.07 Å². The molecule has 1 saturated heterocycles. The van der Waals surface area contributed by atoms with Crippen LogP contribution in [-0.4, -0.2) is 36.2 Å². The van der Waals surface area contributed by atoms with Gasteiger partial charge in [-0.1, -0.05) is 35.9 Å². The summed E-state index contributed by atoms with van der Waals surface area (Å²) in [7, 11) is 0.577. The van der Waals surface area contributed by atoms with Crippen molar-refractivity contribution in [1.29, 1.82) is 5.26 Å². The largest absolute Gasteiger partial charge is 0.465 e. The molecule has 0 spiro atoms. The smallest absolute Gasteiger partial charge is 0.337 e. The Morgan fingerprint density at radius 1 is 1.05 bits per heavy atom. The standard InChI is InChI=1S/C29H24ClN3O4S/c1-29(2)27(35)32(24-14-11-22(18-31)25(30)17-24)28(38-16-4-15-37-38)33(29)23-12-9-20(10-13-23)19-5-7-21(8-6-19)26(34)36-3/h4-14,16-17H,15H2,1-3H3. The molecule has 3 aromatic rings. The Balaban J connectivity index is 1.56. The summed E-state index contributed by atoms with van der Waals surface area (Å²) < 4.78 is 10.8. The molecular formula is C29H24ClN3O4S. The average molecular weight is 546 g/mol. The number of rotatable bonds is 4. The topological polar surface area (TPSA) is 82.9 Å². The van der Waals surface area contributed by atoms with E-state index in [1.54, 1.807) is 35.2 Å². The fraction of sp³-hybridized carbons (Fsp3) is 0.172. The Kier molecular flexibility index (Phi) is 6.84. The highest BCUT2D eigenvalue weighted by Crippen LogP contribution is 2.42. The van der Waals surface area contributed by atoms with Gasteiger partial charge in [-0.2, -0.15) is 5.26 Å². The fourth-order valence-corrected chi connectivity index (χ4v) is 6.36. The summed E-state index contributed by atoms with van der Waals surface area (Å²) in [6, 6.07) is 22.2. The van der Waals surface area contributed by atoms with Crippen molar-refractivity contribution in [3.05, 3.63) is 94.4 Å². The zero-order valence-electron chi connectivity index (χ0n) is 21.0. The lowest BCUT2D eigenvalue weighted by atomic mass is 10.0. The van der Waals surface area contributed by atoms with E-state index in [1.807, 2.05) is 66.6 Å². The molecule has 38 heavy (non-hydrogen) atoms. The van der Waals surface area contributed by atoms with E-state index in [4.69, 9.17) is 20.5 Å². The molecule has 1 fully saturated rings. The van der Waals surface area contributed by atoms with Gasteiger partial charge in [-0.05, 0) is 78.9 Å². The molecule has 3 aromatic carbocycles. The first-order valence-electron chi connectivity index (χ1n) is 11.8. The van der Waals surface area contributed by atoms with Gasteiger partial charge in [-0.15, -0.1) is 0 Å². The summed E-state index contributed by atoms with van der Waals surface area (Å²) in [5, 5.41) is 12.2. The van der Waals surface area contributed by atoms with E-state index in [9.17, 15) is 14.9 Å². The Morgan fingerprint density at radius 2 is 1.68 bits per heavy atom. The Hall–Kier alpha value is -3.90. The van der Waals surface area contributed by atoms with Gasteiger partial charge in [-0.25, -0.2) is 4.79 Å². The van der Waals surface area contributed by atoms with Crippen LogP contribution in [0.25, 0.3) is 11.1 Å². The van der Waals surface area contributed by atoms with Crippen molar-refractivity contribution in [3.63, 3.8) is 0 Å². The third-order valence-corrected chi connectivity index (χ3v) is 8.32. The van der Waals surface area contributed by atoms with Crippen LogP contribution in [0.15, 0.2) is 78.2 Å². The lowest BCUT2D eigenvalue weighted by molar-refractivity contribution is -0.120. The molecule has 2 heterocycles. The number of nitrogens with zero attached hydrogens (tertiary/aromatic N) is 3. The van der Waals surface area contributed by atoms with E-state index in [1.165, 1.54) is 7.11 Å². The van der Waals surface area contributed by atoms with Gasteiger partial charge in [0.2, 0.25) is 0 Å². The first kappa shape index (κ1) is 25.7. The number of halogens is 1. The molecule has 0 aliphatic carbocycles. The molecule has 0 radical (unpaired) electrons. The normalized spacial score (nSPS) is 19.1. The van der Waals surface area contributed by atoms with E-state index < -0.39 is 16.3 Å². The molecule has 1 amide bonds. The van der Waals surface area contributed by atoms with Crippen LogP contribution < -0.4 is 9.80 Å². The van der Waals surface area contributed by atoms with Gasteiger partial charge in [0.25, 0.3) is 5.91 Å². The van der Waals surface area contributed by atoms with Crippen molar-refractivity contribution in [2.24, 2.45) is 0 Å². The van der Waals surface area contributed by atoms with Gasteiger partial charge in [0.05, 0.1) is 35.6 Å². The molecule has 1 atom stereocenters. The summed E-state index contributed by atoms with van der Waals surface area (Å²) in [5.74, 6) is -0.514. The quantitative estimate of drug-likeness (QED) is 0.290. The zero-order chi connectivity index (χ0) is 27.0. The lowest BCUT2D eigenvalue weighted by Gasteiger charge is -2.31. The minimum atomic E-state index is -0.924. The number of ether oxygens (including phenoxy) is 1. The Bertz CT molecular complexity index is 1540. The second-order valence-electron chi connectivity index (χ2n) is 9.16. The number of carbonyl (C=O) groups is 2. The molecule has 0 aromatic heterocycles. The third-order valence-electron chi connectivity index (χ3n) is 6.46. The summed E-state index contributed by atoms with van der Waals surface area (Å²) in [5.41, 5.74) is 3.21. The monoisotopic (exact) mass is 545 g/mol. The van der Waals surface area contributed by atoms with Crippen molar-refractivity contribution in [3.8, 4) is 17.2 Å². The summed E-state index contributed by atoms with van der Waals surface area (Å²) in [6.45, 7) is 4.21. The first-order chi connectivity index (χ1) is 18.3. The van der Waals surface area contributed by atoms with Gasteiger partial charge in [0.15, 0.2) is 5.11 Å². The SMILES string of the molecule is COC(=O)c1ccc(-c2ccc(N3C(=S4C=CCO4)N(c4ccc(C#N)c(Cl)c4)C(=O)C3(C)C)cc2)cc1. The van der Waals surface area contributed by atoms with E-state index in [-0.39, 0.29) is 16.9 Å². The third kappa shape index (κ3) is 4.39. The number of hydrogen-bond acceptors (Lipinski definition) is 5. The lowest BCUT2D eigenvalue weighted by Crippen LogP contribution is -2.44. The van der Waals surface area contributed by atoms with E-state index >= 15 is 0 Å². The van der Waals surface area contributed by atoms with Crippen LogP contribution in [0.5, 0.6) is 0 Å². The molecule has 9 heteroatoms. The van der Waals surface area contributed by atoms with Crippen molar-refractivity contribution in [1.82, 2.24) is 0 Å². The molecule has 2 aliphatic rings. The number of nitriles is 1. The Morgan fingerprint density at radius 3 is 2.24 bits per heavy atom. The number of carbonyl (C=O) groups excluding carboxylic acids is 2. The summed E-state index contributed by atoms with van der Waals surface area (Å²) >= 11 is 6.35. The number of anilines is 2. The van der Waals surface area contributed by atoms with Crippen LogP contribution in [-0.2, 0) is 13.7 Å². The molecule has 1 unspecified atom stereocenters. The van der Waals surface area contributed by atoms with E-state index in [0.717, 1.165) is 16.8 Å². The minimum Gasteiger partial charge on any atom is -0.465 e. The Labute approximate surface area is 228 Å². The molecule has 7 nitrogen and oxygen atoms in total. The molecular weight excluding hydrogens is 522 g/mol. The highest BCUT2D eigenvalue weighted by atomic mass is 35.5. The van der Waals surface area contributed by atoms with Gasteiger partial charge in [0.1, 0.15) is 11.6 Å². The first-order valence-corrected chi connectivity index (χ1v) is 13.4. The van der Waals surface area contributed by atoms with Gasteiger partial charge < -0.3 is 13.8 Å². The van der Waals surface area contributed by atoms with Crippen LogP contribution in [0.4, 0.5) is 11.4 Å². The number of benzene rings is 3. The number of hydrogen-bond donors (Lipinski definition) is 0. The van der Waals surface area contributed by atoms with Crippen LogP contribution in [0, 0.1) is 11.3 Å². The molecule has 0 bridgehead atoms. The van der Waals surface area contributed by atoms with Crippen LogP contribution in [0.3, 0.4) is 0 Å². The van der Waals surface area contributed by atoms with Crippen molar-refractivity contribution in [2.75, 3.05) is 23.5 Å². The molecule has 2 aliphatic heterocycles. The molecule has 0 N–H and O–H groups in total. The second-order valence-corrected chi connectivity index (χ2v) is 11.0.